The lowest BCUT2D eigenvalue weighted by Gasteiger charge is -2.12. The smallest absolute Gasteiger partial charge is 0.387 e. The summed E-state index contributed by atoms with van der Waals surface area (Å²) in [6.45, 7) is -2.71. The van der Waals surface area contributed by atoms with Crippen LogP contribution < -0.4 is 14.8 Å². The Morgan fingerprint density at radius 2 is 2.00 bits per heavy atom. The Morgan fingerprint density at radius 1 is 1.25 bits per heavy atom. The summed E-state index contributed by atoms with van der Waals surface area (Å²) in [4.78, 5) is 10.6. The molecular weight excluding hydrogens is 390 g/mol. The molecule has 6 nitrogen and oxygen atoms in total. The molecule has 0 atom stereocenters. The van der Waals surface area contributed by atoms with Gasteiger partial charge in [-0.3, -0.25) is 10.1 Å². The molecule has 0 fully saturated rings. The predicted molar refractivity (Wildman–Crippen MR) is 87.7 cm³/mol. The number of benzene rings is 2. The molecule has 2 aromatic carbocycles. The number of nitrogens with one attached hydrogen (secondary N) is 1. The molecule has 0 saturated heterocycles. The van der Waals surface area contributed by atoms with E-state index < -0.39 is 11.5 Å². The summed E-state index contributed by atoms with van der Waals surface area (Å²) in [6, 6.07) is 9.09. The van der Waals surface area contributed by atoms with E-state index in [2.05, 4.69) is 26.0 Å². The quantitative estimate of drug-likeness (QED) is 0.541. The zero-order valence-corrected chi connectivity index (χ0v) is 14.0. The molecule has 0 radical (unpaired) electrons. The van der Waals surface area contributed by atoms with Crippen LogP contribution in [0.5, 0.6) is 11.5 Å². The molecule has 0 heterocycles. The summed E-state index contributed by atoms with van der Waals surface area (Å²) >= 11 is 3.18. The fraction of sp³-hybridized carbons (Fsp3) is 0.200. The average Bonchev–Trinajstić information content (AvgIpc) is 2.54. The minimum absolute atomic E-state index is 0.0750. The fourth-order valence-corrected chi connectivity index (χ4v) is 2.37. The molecule has 0 spiro atoms. The van der Waals surface area contributed by atoms with Gasteiger partial charge in [-0.25, -0.2) is 0 Å². The summed E-state index contributed by atoms with van der Waals surface area (Å²) < 4.78 is 34.6. The first-order valence-corrected chi connectivity index (χ1v) is 7.49. The van der Waals surface area contributed by atoms with E-state index in [4.69, 9.17) is 4.74 Å². The first kappa shape index (κ1) is 17.9. The molecule has 0 aliphatic rings. The number of nitro benzene ring substituents is 1. The summed E-state index contributed by atoms with van der Waals surface area (Å²) in [7, 11) is 1.34. The van der Waals surface area contributed by atoms with E-state index in [1.165, 1.54) is 25.3 Å². The summed E-state index contributed by atoms with van der Waals surface area (Å²) in [5.41, 5.74) is 0.953. The minimum Gasteiger partial charge on any atom is -0.493 e. The molecular formula is C15H13BrF2N2O4. The van der Waals surface area contributed by atoms with Crippen LogP contribution in [0.4, 0.5) is 20.2 Å². The standard InChI is InChI=1S/C15H13BrF2N2O4/c1-23-14-6-9(2-5-13(14)24-15(17)18)8-19-11-4-3-10(16)7-12(11)20(21)22/h2-7,15,19H,8H2,1H3. The van der Waals surface area contributed by atoms with Crippen molar-refractivity contribution in [2.24, 2.45) is 0 Å². The normalized spacial score (nSPS) is 10.5. The number of nitro groups is 1. The van der Waals surface area contributed by atoms with Crippen LogP contribution in [0.1, 0.15) is 5.56 Å². The van der Waals surface area contributed by atoms with Crippen LogP contribution in [0.25, 0.3) is 0 Å². The summed E-state index contributed by atoms with van der Waals surface area (Å²) in [5, 5.41) is 14.0. The third kappa shape index (κ3) is 4.54. The molecule has 24 heavy (non-hydrogen) atoms. The molecule has 0 aliphatic carbocycles. The molecule has 2 rings (SSSR count). The van der Waals surface area contributed by atoms with Gasteiger partial charge in [-0.15, -0.1) is 0 Å². The van der Waals surface area contributed by atoms with Crippen LogP contribution >= 0.6 is 15.9 Å². The van der Waals surface area contributed by atoms with E-state index >= 15 is 0 Å². The molecule has 0 saturated carbocycles. The topological polar surface area (TPSA) is 73.6 Å². The minimum atomic E-state index is -2.95. The van der Waals surface area contributed by atoms with E-state index in [-0.39, 0.29) is 23.7 Å². The molecule has 0 aromatic heterocycles. The summed E-state index contributed by atoms with van der Waals surface area (Å²) in [6.07, 6.45) is 0. The van der Waals surface area contributed by atoms with Gasteiger partial charge < -0.3 is 14.8 Å². The van der Waals surface area contributed by atoms with Crippen LogP contribution in [0.3, 0.4) is 0 Å². The van der Waals surface area contributed by atoms with Gasteiger partial charge in [0.1, 0.15) is 5.69 Å². The molecule has 9 heteroatoms. The Balaban J connectivity index is 2.16. The van der Waals surface area contributed by atoms with Gasteiger partial charge in [0.25, 0.3) is 5.69 Å². The van der Waals surface area contributed by atoms with Gasteiger partial charge in [0.15, 0.2) is 11.5 Å². The van der Waals surface area contributed by atoms with Gasteiger partial charge >= 0.3 is 6.61 Å². The predicted octanol–water partition coefficient (Wildman–Crippen LogP) is 4.58. The van der Waals surface area contributed by atoms with E-state index in [0.717, 1.165) is 0 Å². The lowest BCUT2D eigenvalue weighted by atomic mass is 10.2. The second-order valence-corrected chi connectivity index (χ2v) is 5.55. The molecule has 0 amide bonds. The number of anilines is 1. The number of alkyl halides is 2. The second-order valence-electron chi connectivity index (χ2n) is 4.64. The van der Waals surface area contributed by atoms with E-state index in [0.29, 0.717) is 15.7 Å². The highest BCUT2D eigenvalue weighted by molar-refractivity contribution is 9.10. The van der Waals surface area contributed by atoms with Crippen molar-refractivity contribution in [3.63, 3.8) is 0 Å². The number of methoxy groups -OCH3 is 1. The molecule has 0 unspecified atom stereocenters. The van der Waals surface area contributed by atoms with Crippen molar-refractivity contribution < 1.29 is 23.2 Å². The fourth-order valence-electron chi connectivity index (χ4n) is 2.02. The van der Waals surface area contributed by atoms with Gasteiger partial charge in [-0.05, 0) is 29.8 Å². The highest BCUT2D eigenvalue weighted by atomic mass is 79.9. The average molecular weight is 403 g/mol. The Labute approximate surface area is 144 Å². The van der Waals surface area contributed by atoms with Gasteiger partial charge in [-0.1, -0.05) is 22.0 Å². The van der Waals surface area contributed by atoms with Crippen molar-refractivity contribution in [3.05, 3.63) is 56.5 Å². The third-order valence-corrected chi connectivity index (χ3v) is 3.58. The summed E-state index contributed by atoms with van der Waals surface area (Å²) in [5.74, 6) is 0.0748. The first-order chi connectivity index (χ1) is 11.4. The number of rotatable bonds is 7. The molecule has 0 aliphatic heterocycles. The molecule has 0 bridgehead atoms. The second kappa shape index (κ2) is 7.91. The highest BCUT2D eigenvalue weighted by Crippen LogP contribution is 2.31. The zero-order chi connectivity index (χ0) is 17.7. The van der Waals surface area contributed by atoms with Crippen LogP contribution in [0.2, 0.25) is 0 Å². The maximum Gasteiger partial charge on any atom is 0.387 e. The van der Waals surface area contributed by atoms with Crippen molar-refractivity contribution in [3.8, 4) is 11.5 Å². The Kier molecular flexibility index (Phi) is 5.91. The molecule has 1 N–H and O–H groups in total. The number of hydrogen-bond donors (Lipinski definition) is 1. The van der Waals surface area contributed by atoms with Crippen molar-refractivity contribution in [2.75, 3.05) is 12.4 Å². The van der Waals surface area contributed by atoms with Crippen molar-refractivity contribution in [2.45, 2.75) is 13.2 Å². The largest absolute Gasteiger partial charge is 0.493 e. The van der Waals surface area contributed by atoms with Crippen LogP contribution in [0.15, 0.2) is 40.9 Å². The number of hydrogen-bond acceptors (Lipinski definition) is 5. The maximum absolute atomic E-state index is 12.3. The third-order valence-electron chi connectivity index (χ3n) is 3.08. The van der Waals surface area contributed by atoms with Crippen LogP contribution in [-0.4, -0.2) is 18.6 Å². The van der Waals surface area contributed by atoms with Crippen LogP contribution in [0, 0.1) is 10.1 Å². The van der Waals surface area contributed by atoms with Gasteiger partial charge in [0.2, 0.25) is 0 Å². The number of halogens is 3. The van der Waals surface area contributed by atoms with E-state index in [9.17, 15) is 18.9 Å². The van der Waals surface area contributed by atoms with E-state index in [1.54, 1.807) is 18.2 Å². The number of nitrogens with zero attached hydrogens (tertiary/aromatic N) is 1. The maximum atomic E-state index is 12.3. The zero-order valence-electron chi connectivity index (χ0n) is 12.5. The Hall–Kier alpha value is -2.42. The molecule has 128 valence electrons. The van der Waals surface area contributed by atoms with Gasteiger partial charge in [0.05, 0.1) is 12.0 Å². The lowest BCUT2D eigenvalue weighted by Crippen LogP contribution is -2.05. The SMILES string of the molecule is COc1cc(CNc2ccc(Br)cc2[N+](=O)[O-])ccc1OC(F)F. The van der Waals surface area contributed by atoms with Crippen LogP contribution in [-0.2, 0) is 6.54 Å². The van der Waals surface area contributed by atoms with Crippen molar-refractivity contribution in [1.82, 2.24) is 0 Å². The highest BCUT2D eigenvalue weighted by Gasteiger charge is 2.15. The molecule has 2 aromatic rings. The van der Waals surface area contributed by atoms with Gasteiger partial charge in [0, 0.05) is 17.1 Å². The van der Waals surface area contributed by atoms with Gasteiger partial charge in [-0.2, -0.15) is 8.78 Å². The Morgan fingerprint density at radius 3 is 2.62 bits per heavy atom. The first-order valence-electron chi connectivity index (χ1n) is 6.70. The monoisotopic (exact) mass is 402 g/mol. The van der Waals surface area contributed by atoms with E-state index in [1.807, 2.05) is 0 Å². The number of ether oxygens (including phenoxy) is 2. The Bertz CT molecular complexity index is 743. The lowest BCUT2D eigenvalue weighted by molar-refractivity contribution is -0.384. The van der Waals surface area contributed by atoms with Crippen molar-refractivity contribution in [1.29, 1.82) is 0 Å². The van der Waals surface area contributed by atoms with Crippen molar-refractivity contribution >= 4 is 27.3 Å².